The van der Waals surface area contributed by atoms with Gasteiger partial charge in [0.1, 0.15) is 5.76 Å². The first-order valence-corrected chi connectivity index (χ1v) is 10.8. The SMILES string of the molecule is Cc1noc(C)c1CN1C[C@H]2[C@H](O)[C@@H]3CC(C(=O)NCC4CCC4)[C@@H](O3)[C@H]2C1. The molecule has 4 heterocycles. The van der Waals surface area contributed by atoms with Crippen LogP contribution >= 0.6 is 0 Å². The minimum Gasteiger partial charge on any atom is -0.390 e. The van der Waals surface area contributed by atoms with Crippen molar-refractivity contribution in [1.82, 2.24) is 15.4 Å². The van der Waals surface area contributed by atoms with Crippen molar-refractivity contribution in [3.63, 3.8) is 0 Å². The molecular formula is C21H31N3O4. The molecule has 3 saturated heterocycles. The van der Waals surface area contributed by atoms with Crippen molar-refractivity contribution in [3.8, 4) is 0 Å². The van der Waals surface area contributed by atoms with Crippen LogP contribution in [0.3, 0.4) is 0 Å². The summed E-state index contributed by atoms with van der Waals surface area (Å²) in [5.41, 5.74) is 2.06. The van der Waals surface area contributed by atoms with Gasteiger partial charge in [0, 0.05) is 43.6 Å². The average molecular weight is 389 g/mol. The summed E-state index contributed by atoms with van der Waals surface area (Å²) in [5, 5.41) is 18.1. The summed E-state index contributed by atoms with van der Waals surface area (Å²) in [4.78, 5) is 15.2. The predicted octanol–water partition coefficient (Wildman–Crippen LogP) is 1.40. The lowest BCUT2D eigenvalue weighted by Gasteiger charge is -2.36. The molecule has 0 spiro atoms. The van der Waals surface area contributed by atoms with E-state index in [1.54, 1.807) is 0 Å². The van der Waals surface area contributed by atoms with Gasteiger partial charge in [0.15, 0.2) is 0 Å². The van der Waals surface area contributed by atoms with Gasteiger partial charge in [-0.2, -0.15) is 0 Å². The van der Waals surface area contributed by atoms with E-state index in [2.05, 4.69) is 15.4 Å². The van der Waals surface area contributed by atoms with Gasteiger partial charge >= 0.3 is 0 Å². The molecule has 0 aromatic carbocycles. The maximum atomic E-state index is 12.8. The van der Waals surface area contributed by atoms with Crippen molar-refractivity contribution in [2.75, 3.05) is 19.6 Å². The van der Waals surface area contributed by atoms with E-state index in [-0.39, 0.29) is 35.9 Å². The summed E-state index contributed by atoms with van der Waals surface area (Å²) in [5.74, 6) is 1.88. The number of aryl methyl sites for hydroxylation is 2. The van der Waals surface area contributed by atoms with E-state index in [0.717, 1.165) is 43.2 Å². The van der Waals surface area contributed by atoms with Crippen molar-refractivity contribution < 1.29 is 19.2 Å². The molecule has 1 amide bonds. The molecule has 0 radical (unpaired) electrons. The van der Waals surface area contributed by atoms with Crippen LogP contribution in [0, 0.1) is 37.5 Å². The molecule has 2 N–H and O–H groups in total. The topological polar surface area (TPSA) is 87.8 Å². The number of aliphatic hydroxyl groups is 1. The smallest absolute Gasteiger partial charge is 0.225 e. The molecule has 1 saturated carbocycles. The first-order valence-electron chi connectivity index (χ1n) is 10.8. The molecule has 1 aliphatic carbocycles. The minimum atomic E-state index is -0.486. The number of carbonyl (C=O) groups is 1. The van der Waals surface area contributed by atoms with E-state index in [0.29, 0.717) is 12.3 Å². The molecular weight excluding hydrogens is 358 g/mol. The number of nitrogens with zero attached hydrogens (tertiary/aromatic N) is 2. The van der Waals surface area contributed by atoms with E-state index < -0.39 is 6.10 Å². The van der Waals surface area contributed by atoms with Crippen LogP contribution in [0.4, 0.5) is 0 Å². The molecule has 1 aromatic heterocycles. The first-order chi connectivity index (χ1) is 13.5. The molecule has 7 nitrogen and oxygen atoms in total. The molecule has 1 aromatic rings. The standard InChI is InChI=1S/C21H31N3O4/c1-11-15(12(2)28-23-11)8-24-9-16-17(10-24)20-14(6-18(27-20)19(16)25)21(26)22-7-13-4-3-5-13/h13-14,16-20,25H,3-10H2,1-2H3,(H,22,26)/t14?,16-,17+,18+,19+,20-/m1/s1. The van der Waals surface area contributed by atoms with Gasteiger partial charge in [-0.15, -0.1) is 0 Å². The van der Waals surface area contributed by atoms with Crippen LogP contribution in [0.2, 0.25) is 0 Å². The second kappa shape index (κ2) is 7.11. The molecule has 7 heteroatoms. The summed E-state index contributed by atoms with van der Waals surface area (Å²) in [6.07, 6.45) is 3.63. The number of hydrogen-bond acceptors (Lipinski definition) is 6. The Hall–Kier alpha value is -1.44. The number of nitrogens with one attached hydrogen (secondary N) is 1. The Morgan fingerprint density at radius 3 is 2.75 bits per heavy atom. The van der Waals surface area contributed by atoms with Gasteiger partial charge in [-0.1, -0.05) is 11.6 Å². The van der Waals surface area contributed by atoms with Crippen molar-refractivity contribution in [2.45, 2.75) is 64.4 Å². The largest absolute Gasteiger partial charge is 0.390 e. The van der Waals surface area contributed by atoms with Crippen LogP contribution in [-0.4, -0.2) is 59.0 Å². The molecule has 28 heavy (non-hydrogen) atoms. The number of amides is 1. The highest BCUT2D eigenvalue weighted by Gasteiger charge is 2.57. The highest BCUT2D eigenvalue weighted by Crippen LogP contribution is 2.47. The minimum absolute atomic E-state index is 0.0746. The Balaban J connectivity index is 1.27. The normalized spacial score (nSPS) is 37.7. The summed E-state index contributed by atoms with van der Waals surface area (Å²) < 4.78 is 11.5. The van der Waals surface area contributed by atoms with Crippen LogP contribution in [0.5, 0.6) is 0 Å². The summed E-state index contributed by atoms with van der Waals surface area (Å²) in [7, 11) is 0. The first kappa shape index (κ1) is 18.6. The van der Waals surface area contributed by atoms with Crippen LogP contribution in [0.15, 0.2) is 4.52 Å². The van der Waals surface area contributed by atoms with Crippen LogP contribution in [0.25, 0.3) is 0 Å². The molecule has 154 valence electrons. The number of aromatic nitrogens is 1. The van der Waals surface area contributed by atoms with Crippen LogP contribution in [-0.2, 0) is 16.1 Å². The maximum Gasteiger partial charge on any atom is 0.225 e. The van der Waals surface area contributed by atoms with Gasteiger partial charge < -0.3 is 19.7 Å². The van der Waals surface area contributed by atoms with E-state index in [4.69, 9.17) is 9.26 Å². The predicted molar refractivity (Wildman–Crippen MR) is 101 cm³/mol. The van der Waals surface area contributed by atoms with Gasteiger partial charge in [0.25, 0.3) is 0 Å². The number of fused-ring (bicyclic) bond motifs is 4. The number of ether oxygens (including phenoxy) is 1. The zero-order chi connectivity index (χ0) is 19.4. The maximum absolute atomic E-state index is 12.8. The van der Waals surface area contributed by atoms with E-state index in [9.17, 15) is 9.90 Å². The van der Waals surface area contributed by atoms with Crippen LogP contribution < -0.4 is 5.32 Å². The third-order valence-corrected chi connectivity index (χ3v) is 7.63. The Morgan fingerprint density at radius 2 is 2.07 bits per heavy atom. The molecule has 5 rings (SSSR count). The quantitative estimate of drug-likeness (QED) is 0.792. The van der Waals surface area contributed by atoms with Crippen molar-refractivity contribution in [1.29, 1.82) is 0 Å². The lowest BCUT2D eigenvalue weighted by Crippen LogP contribution is -2.47. The number of carbonyl (C=O) groups excluding carboxylic acids is 1. The third-order valence-electron chi connectivity index (χ3n) is 7.63. The van der Waals surface area contributed by atoms with E-state index >= 15 is 0 Å². The highest BCUT2D eigenvalue weighted by atomic mass is 16.5. The van der Waals surface area contributed by atoms with Gasteiger partial charge in [-0.25, -0.2) is 0 Å². The van der Waals surface area contributed by atoms with E-state index in [1.165, 1.54) is 19.3 Å². The van der Waals surface area contributed by atoms with Gasteiger partial charge in [0.2, 0.25) is 5.91 Å². The second-order valence-electron chi connectivity index (χ2n) is 9.34. The van der Waals surface area contributed by atoms with Gasteiger partial charge in [0.05, 0.1) is 29.9 Å². The second-order valence-corrected chi connectivity index (χ2v) is 9.34. The lowest BCUT2D eigenvalue weighted by molar-refractivity contribution is -0.140. The Labute approximate surface area is 165 Å². The molecule has 6 atom stereocenters. The monoisotopic (exact) mass is 389 g/mol. The lowest BCUT2D eigenvalue weighted by atomic mass is 9.82. The Kier molecular flexibility index (Phi) is 4.72. The zero-order valence-electron chi connectivity index (χ0n) is 16.8. The average Bonchev–Trinajstić information content (AvgIpc) is 3.31. The molecule has 4 fully saturated rings. The fourth-order valence-electron chi connectivity index (χ4n) is 5.69. The van der Waals surface area contributed by atoms with Crippen molar-refractivity contribution >= 4 is 5.91 Å². The van der Waals surface area contributed by atoms with Crippen LogP contribution in [0.1, 0.15) is 42.7 Å². The molecule has 3 aliphatic heterocycles. The molecule has 2 bridgehead atoms. The zero-order valence-corrected chi connectivity index (χ0v) is 16.8. The Morgan fingerprint density at radius 1 is 1.29 bits per heavy atom. The fourth-order valence-corrected chi connectivity index (χ4v) is 5.69. The van der Waals surface area contributed by atoms with E-state index in [1.807, 2.05) is 13.8 Å². The van der Waals surface area contributed by atoms with Crippen molar-refractivity contribution in [2.24, 2.45) is 23.7 Å². The Bertz CT molecular complexity index is 727. The number of aliphatic hydroxyl groups excluding tert-OH is 1. The molecule has 1 unspecified atom stereocenters. The molecule has 4 aliphatic rings. The highest BCUT2D eigenvalue weighted by molar-refractivity contribution is 5.79. The number of rotatable bonds is 5. The summed E-state index contributed by atoms with van der Waals surface area (Å²) in [6.45, 7) is 7.16. The fraction of sp³-hybridized carbons (Fsp3) is 0.810. The van der Waals surface area contributed by atoms with Gasteiger partial charge in [-0.3, -0.25) is 9.69 Å². The number of likely N-dealkylation sites (tertiary alicyclic amines) is 1. The van der Waals surface area contributed by atoms with Crippen molar-refractivity contribution in [3.05, 3.63) is 17.0 Å². The number of hydrogen-bond donors (Lipinski definition) is 2. The van der Waals surface area contributed by atoms with Gasteiger partial charge in [-0.05, 0) is 39.0 Å². The summed E-state index contributed by atoms with van der Waals surface area (Å²) in [6, 6.07) is 0. The third kappa shape index (κ3) is 3.08. The summed E-state index contributed by atoms with van der Waals surface area (Å²) >= 11 is 0.